The number of aliphatic carboxylic acids is 1. The lowest BCUT2D eigenvalue weighted by Crippen LogP contribution is -2.56. The van der Waals surface area contributed by atoms with Crippen molar-refractivity contribution in [2.24, 2.45) is 0 Å². The summed E-state index contributed by atoms with van der Waals surface area (Å²) >= 11 is 0. The van der Waals surface area contributed by atoms with Gasteiger partial charge in [0.1, 0.15) is 0 Å². The number of ether oxygens (including phenoxy) is 2. The first-order valence-corrected chi connectivity index (χ1v) is 7.36. The molecule has 0 aromatic rings. The lowest BCUT2D eigenvalue weighted by Gasteiger charge is -2.40. The predicted molar refractivity (Wildman–Crippen MR) is 77.3 cm³/mol. The number of hydrogen-bond acceptors (Lipinski definition) is 4. The zero-order valence-electron chi connectivity index (χ0n) is 13.1. The molecular formula is C14H26N2O5. The van der Waals surface area contributed by atoms with Crippen molar-refractivity contribution >= 4 is 12.0 Å². The summed E-state index contributed by atoms with van der Waals surface area (Å²) in [5.41, 5.74) is 0. The van der Waals surface area contributed by atoms with Crippen LogP contribution < -0.4 is 0 Å². The second-order valence-electron chi connectivity index (χ2n) is 5.25. The van der Waals surface area contributed by atoms with E-state index in [4.69, 9.17) is 14.6 Å². The Bertz CT molecular complexity index is 350. The maximum absolute atomic E-state index is 12.7. The van der Waals surface area contributed by atoms with Gasteiger partial charge in [-0.3, -0.25) is 4.79 Å². The van der Waals surface area contributed by atoms with Gasteiger partial charge in [-0.25, -0.2) is 4.79 Å². The zero-order valence-corrected chi connectivity index (χ0v) is 13.1. The van der Waals surface area contributed by atoms with E-state index in [0.29, 0.717) is 26.3 Å². The second-order valence-corrected chi connectivity index (χ2v) is 5.25. The summed E-state index contributed by atoms with van der Waals surface area (Å²) < 4.78 is 10.4. The molecule has 1 aliphatic heterocycles. The molecular weight excluding hydrogens is 276 g/mol. The summed E-state index contributed by atoms with van der Waals surface area (Å²) in [4.78, 5) is 27.1. The monoisotopic (exact) mass is 302 g/mol. The lowest BCUT2D eigenvalue weighted by atomic mass is 10.1. The van der Waals surface area contributed by atoms with Crippen LogP contribution in [-0.2, 0) is 14.3 Å². The number of carbonyl (C=O) groups excluding carboxylic acids is 1. The summed E-state index contributed by atoms with van der Waals surface area (Å²) in [5, 5.41) is 8.97. The molecule has 21 heavy (non-hydrogen) atoms. The van der Waals surface area contributed by atoms with Crippen LogP contribution in [-0.4, -0.2) is 79.0 Å². The summed E-state index contributed by atoms with van der Waals surface area (Å²) in [6.07, 6.45) is 0.744. The molecule has 0 saturated carbocycles. The molecule has 1 heterocycles. The van der Waals surface area contributed by atoms with Crippen molar-refractivity contribution in [3.63, 3.8) is 0 Å². The highest BCUT2D eigenvalue weighted by atomic mass is 16.5. The molecule has 1 saturated heterocycles. The minimum Gasteiger partial charge on any atom is -0.481 e. The van der Waals surface area contributed by atoms with Gasteiger partial charge < -0.3 is 24.4 Å². The molecule has 0 aromatic carbocycles. The maximum Gasteiger partial charge on any atom is 0.320 e. The molecule has 1 fully saturated rings. The Hall–Kier alpha value is -1.34. The van der Waals surface area contributed by atoms with Gasteiger partial charge in [-0.1, -0.05) is 6.92 Å². The van der Waals surface area contributed by atoms with Gasteiger partial charge in [-0.15, -0.1) is 0 Å². The quantitative estimate of drug-likeness (QED) is 0.760. The number of hydrogen-bond donors (Lipinski definition) is 1. The summed E-state index contributed by atoms with van der Waals surface area (Å²) in [5.74, 6) is -0.921. The molecule has 7 heteroatoms. The first-order chi connectivity index (χ1) is 10.0. The van der Waals surface area contributed by atoms with Gasteiger partial charge in [0.05, 0.1) is 32.3 Å². The Morgan fingerprint density at radius 1 is 1.52 bits per heavy atom. The zero-order chi connectivity index (χ0) is 15.8. The molecule has 1 aliphatic rings. The van der Waals surface area contributed by atoms with E-state index in [-0.39, 0.29) is 25.1 Å². The Morgan fingerprint density at radius 3 is 2.81 bits per heavy atom. The number of carboxylic acids is 1. The van der Waals surface area contributed by atoms with Gasteiger partial charge in [0.2, 0.25) is 0 Å². The van der Waals surface area contributed by atoms with E-state index in [1.807, 2.05) is 13.8 Å². The van der Waals surface area contributed by atoms with Gasteiger partial charge in [-0.2, -0.15) is 0 Å². The smallest absolute Gasteiger partial charge is 0.320 e. The van der Waals surface area contributed by atoms with Crippen LogP contribution in [0, 0.1) is 0 Å². The molecule has 122 valence electrons. The summed E-state index contributed by atoms with van der Waals surface area (Å²) in [6.45, 7) is 6.12. The van der Waals surface area contributed by atoms with Crippen molar-refractivity contribution in [3.8, 4) is 0 Å². The highest BCUT2D eigenvalue weighted by Gasteiger charge is 2.33. The number of methoxy groups -OCH3 is 1. The van der Waals surface area contributed by atoms with Crippen LogP contribution in [0.3, 0.4) is 0 Å². The third-order valence-electron chi connectivity index (χ3n) is 3.79. The molecule has 2 atom stereocenters. The van der Waals surface area contributed by atoms with Crippen LogP contribution >= 0.6 is 0 Å². The van der Waals surface area contributed by atoms with Crippen LogP contribution in [0.5, 0.6) is 0 Å². The van der Waals surface area contributed by atoms with Crippen molar-refractivity contribution in [1.82, 2.24) is 9.80 Å². The summed E-state index contributed by atoms with van der Waals surface area (Å²) in [7, 11) is 1.60. The summed E-state index contributed by atoms with van der Waals surface area (Å²) in [6, 6.07) is -0.449. The molecule has 0 radical (unpaired) electrons. The first kappa shape index (κ1) is 17.7. The minimum absolute atomic E-state index is 0.0842. The standard InChI is InChI=1S/C14H26N2O5/c1-4-11(2)15(5-7-20-3)14(19)16-6-8-21-10-12(16)9-13(17)18/h11-12H,4-10H2,1-3H3,(H,17,18). The molecule has 0 spiro atoms. The molecule has 1 rings (SSSR count). The highest BCUT2D eigenvalue weighted by molar-refractivity contribution is 5.76. The Kier molecular flexibility index (Phi) is 7.45. The predicted octanol–water partition coefficient (Wildman–Crippen LogP) is 1.03. The fraction of sp³-hybridized carbons (Fsp3) is 0.857. The molecule has 0 aliphatic carbocycles. The van der Waals surface area contributed by atoms with E-state index in [1.54, 1.807) is 16.9 Å². The Balaban J connectivity index is 2.80. The molecule has 2 unspecified atom stereocenters. The molecule has 0 aromatic heterocycles. The van der Waals surface area contributed by atoms with Gasteiger partial charge in [0, 0.05) is 26.2 Å². The van der Waals surface area contributed by atoms with Crippen LogP contribution in [0.4, 0.5) is 4.79 Å². The van der Waals surface area contributed by atoms with Crippen molar-refractivity contribution in [3.05, 3.63) is 0 Å². The van der Waals surface area contributed by atoms with Crippen LogP contribution in [0.15, 0.2) is 0 Å². The van der Waals surface area contributed by atoms with Gasteiger partial charge >= 0.3 is 12.0 Å². The SMILES string of the molecule is CCC(C)N(CCOC)C(=O)N1CCOCC1CC(=O)O. The average Bonchev–Trinajstić information content (AvgIpc) is 2.47. The fourth-order valence-electron chi connectivity index (χ4n) is 2.36. The topological polar surface area (TPSA) is 79.3 Å². The number of morpholine rings is 1. The number of carbonyl (C=O) groups is 2. The first-order valence-electron chi connectivity index (χ1n) is 7.36. The number of carboxylic acid groups (broad SMARTS) is 1. The van der Waals surface area contributed by atoms with E-state index in [1.165, 1.54) is 0 Å². The van der Waals surface area contributed by atoms with E-state index >= 15 is 0 Å². The normalized spacial score (nSPS) is 20.1. The lowest BCUT2D eigenvalue weighted by molar-refractivity contribution is -0.139. The van der Waals surface area contributed by atoms with Crippen molar-refractivity contribution in [1.29, 1.82) is 0 Å². The number of nitrogens with zero attached hydrogens (tertiary/aromatic N) is 2. The van der Waals surface area contributed by atoms with Gasteiger partial charge in [-0.05, 0) is 13.3 Å². The van der Waals surface area contributed by atoms with Crippen LogP contribution in [0.25, 0.3) is 0 Å². The Morgan fingerprint density at radius 2 is 2.24 bits per heavy atom. The number of urea groups is 1. The van der Waals surface area contributed by atoms with Crippen LogP contribution in [0.1, 0.15) is 26.7 Å². The number of amides is 2. The minimum atomic E-state index is -0.921. The van der Waals surface area contributed by atoms with Gasteiger partial charge in [0.15, 0.2) is 0 Å². The fourth-order valence-corrected chi connectivity index (χ4v) is 2.36. The van der Waals surface area contributed by atoms with E-state index in [0.717, 1.165) is 6.42 Å². The van der Waals surface area contributed by atoms with Crippen molar-refractivity contribution < 1.29 is 24.2 Å². The largest absolute Gasteiger partial charge is 0.481 e. The van der Waals surface area contributed by atoms with E-state index in [9.17, 15) is 9.59 Å². The Labute approximate surface area is 125 Å². The average molecular weight is 302 g/mol. The van der Waals surface area contributed by atoms with E-state index < -0.39 is 12.0 Å². The van der Waals surface area contributed by atoms with Gasteiger partial charge in [0.25, 0.3) is 0 Å². The maximum atomic E-state index is 12.7. The molecule has 2 amide bonds. The van der Waals surface area contributed by atoms with Crippen molar-refractivity contribution in [2.45, 2.75) is 38.8 Å². The molecule has 0 bridgehead atoms. The molecule has 1 N–H and O–H groups in total. The number of rotatable bonds is 7. The third-order valence-corrected chi connectivity index (χ3v) is 3.79. The second kappa shape index (κ2) is 8.84. The van der Waals surface area contributed by atoms with E-state index in [2.05, 4.69) is 0 Å². The third kappa shape index (κ3) is 5.17. The van der Waals surface area contributed by atoms with Crippen molar-refractivity contribution in [2.75, 3.05) is 40.0 Å². The molecule has 7 nitrogen and oxygen atoms in total. The van der Waals surface area contributed by atoms with Crippen LogP contribution in [0.2, 0.25) is 0 Å². The highest BCUT2D eigenvalue weighted by Crippen LogP contribution is 2.16.